The van der Waals surface area contributed by atoms with Gasteiger partial charge >= 0.3 is 5.69 Å². The third-order valence-electron chi connectivity index (χ3n) is 4.04. The SMILES string of the molecule is O=[N+]([O-])c1cccnc1NCc1cccc(CN2CCCC2)c1. The predicted octanol–water partition coefficient (Wildman–Crippen LogP) is 3.20. The average molecular weight is 312 g/mol. The second kappa shape index (κ2) is 7.19. The lowest BCUT2D eigenvalue weighted by atomic mass is 10.1. The van der Waals surface area contributed by atoms with Gasteiger partial charge in [0.25, 0.3) is 0 Å². The third-order valence-corrected chi connectivity index (χ3v) is 4.04. The summed E-state index contributed by atoms with van der Waals surface area (Å²) in [6.07, 6.45) is 4.12. The highest BCUT2D eigenvalue weighted by Gasteiger charge is 2.14. The van der Waals surface area contributed by atoms with Gasteiger partial charge in [-0.05, 0) is 43.1 Å². The van der Waals surface area contributed by atoms with Crippen LogP contribution in [0.4, 0.5) is 11.5 Å². The van der Waals surface area contributed by atoms with Crippen LogP contribution in [0.25, 0.3) is 0 Å². The summed E-state index contributed by atoms with van der Waals surface area (Å²) in [6, 6.07) is 11.4. The van der Waals surface area contributed by atoms with Crippen molar-refractivity contribution in [2.75, 3.05) is 18.4 Å². The monoisotopic (exact) mass is 312 g/mol. The normalized spacial score (nSPS) is 14.8. The molecule has 120 valence electrons. The Morgan fingerprint density at radius 1 is 1.17 bits per heavy atom. The molecular formula is C17H20N4O2. The van der Waals surface area contributed by atoms with Crippen LogP contribution in [-0.4, -0.2) is 27.9 Å². The molecule has 1 aromatic heterocycles. The van der Waals surface area contributed by atoms with Crippen LogP contribution in [-0.2, 0) is 13.1 Å². The first-order chi connectivity index (χ1) is 11.2. The van der Waals surface area contributed by atoms with E-state index in [4.69, 9.17) is 0 Å². The number of rotatable bonds is 6. The minimum absolute atomic E-state index is 0.000668. The van der Waals surface area contributed by atoms with Gasteiger partial charge in [0.05, 0.1) is 4.92 Å². The van der Waals surface area contributed by atoms with Crippen molar-refractivity contribution >= 4 is 11.5 Å². The lowest BCUT2D eigenvalue weighted by Gasteiger charge is -2.15. The molecule has 1 aliphatic heterocycles. The Balaban J connectivity index is 1.65. The second-order valence-corrected chi connectivity index (χ2v) is 5.79. The van der Waals surface area contributed by atoms with Gasteiger partial charge in [0.2, 0.25) is 5.82 Å². The van der Waals surface area contributed by atoms with Gasteiger partial charge in [-0.2, -0.15) is 0 Å². The van der Waals surface area contributed by atoms with E-state index in [1.165, 1.54) is 37.6 Å². The zero-order valence-electron chi connectivity index (χ0n) is 12.9. The zero-order valence-corrected chi connectivity index (χ0v) is 12.9. The molecule has 2 heterocycles. The summed E-state index contributed by atoms with van der Waals surface area (Å²) in [7, 11) is 0. The fourth-order valence-corrected chi connectivity index (χ4v) is 2.90. The second-order valence-electron chi connectivity index (χ2n) is 5.79. The van der Waals surface area contributed by atoms with Crippen LogP contribution < -0.4 is 5.32 Å². The first-order valence-electron chi connectivity index (χ1n) is 7.86. The Morgan fingerprint density at radius 2 is 1.96 bits per heavy atom. The van der Waals surface area contributed by atoms with E-state index in [0.29, 0.717) is 12.4 Å². The van der Waals surface area contributed by atoms with E-state index in [1.807, 2.05) is 12.1 Å². The van der Waals surface area contributed by atoms with Crippen molar-refractivity contribution in [1.82, 2.24) is 9.88 Å². The molecule has 1 aliphatic rings. The average Bonchev–Trinajstić information content (AvgIpc) is 3.06. The minimum Gasteiger partial charge on any atom is -0.360 e. The molecular weight excluding hydrogens is 292 g/mol. The van der Waals surface area contributed by atoms with Crippen LogP contribution in [0.15, 0.2) is 42.6 Å². The molecule has 2 aromatic rings. The predicted molar refractivity (Wildman–Crippen MR) is 89.2 cm³/mol. The molecule has 0 saturated carbocycles. The topological polar surface area (TPSA) is 71.3 Å². The highest BCUT2D eigenvalue weighted by molar-refractivity contribution is 5.55. The van der Waals surface area contributed by atoms with Crippen molar-refractivity contribution in [2.45, 2.75) is 25.9 Å². The van der Waals surface area contributed by atoms with Crippen molar-refractivity contribution in [3.63, 3.8) is 0 Å². The van der Waals surface area contributed by atoms with Gasteiger partial charge < -0.3 is 5.32 Å². The maximum Gasteiger partial charge on any atom is 0.311 e. The summed E-state index contributed by atoms with van der Waals surface area (Å²) >= 11 is 0. The number of pyridine rings is 1. The van der Waals surface area contributed by atoms with Crippen molar-refractivity contribution in [3.05, 3.63) is 63.8 Å². The number of nitrogens with zero attached hydrogens (tertiary/aromatic N) is 3. The van der Waals surface area contributed by atoms with Gasteiger partial charge in [0, 0.05) is 25.4 Å². The van der Waals surface area contributed by atoms with Gasteiger partial charge in [-0.25, -0.2) is 4.98 Å². The molecule has 0 bridgehead atoms. The molecule has 0 aliphatic carbocycles. The molecule has 3 rings (SSSR count). The first-order valence-corrected chi connectivity index (χ1v) is 7.86. The fraction of sp³-hybridized carbons (Fsp3) is 0.353. The number of nitro groups is 1. The molecule has 0 spiro atoms. The zero-order chi connectivity index (χ0) is 16.1. The third kappa shape index (κ3) is 4.04. The van der Waals surface area contributed by atoms with Gasteiger partial charge in [0.15, 0.2) is 0 Å². The van der Waals surface area contributed by atoms with Crippen molar-refractivity contribution in [2.24, 2.45) is 0 Å². The number of benzene rings is 1. The van der Waals surface area contributed by atoms with Gasteiger partial charge in [0.1, 0.15) is 0 Å². The van der Waals surface area contributed by atoms with Crippen LogP contribution in [0.3, 0.4) is 0 Å². The molecule has 1 N–H and O–H groups in total. The maximum absolute atomic E-state index is 11.0. The Bertz CT molecular complexity index is 684. The van der Waals surface area contributed by atoms with E-state index in [9.17, 15) is 10.1 Å². The van der Waals surface area contributed by atoms with Crippen molar-refractivity contribution < 1.29 is 4.92 Å². The van der Waals surface area contributed by atoms with Gasteiger partial charge in [-0.15, -0.1) is 0 Å². The van der Waals surface area contributed by atoms with Crippen LogP contribution in [0.1, 0.15) is 24.0 Å². The number of hydrogen-bond donors (Lipinski definition) is 1. The summed E-state index contributed by atoms with van der Waals surface area (Å²) in [4.78, 5) is 17.1. The standard InChI is InChI=1S/C17H20N4O2/c22-21(23)16-7-4-8-18-17(16)19-12-14-5-3-6-15(11-14)13-20-9-1-2-10-20/h3-8,11H,1-2,9-10,12-13H2,(H,18,19). The lowest BCUT2D eigenvalue weighted by molar-refractivity contribution is -0.384. The number of anilines is 1. The Morgan fingerprint density at radius 3 is 2.74 bits per heavy atom. The Kier molecular flexibility index (Phi) is 4.83. The van der Waals surface area contributed by atoms with E-state index < -0.39 is 4.92 Å². The first kappa shape index (κ1) is 15.4. The maximum atomic E-state index is 11.0. The summed E-state index contributed by atoms with van der Waals surface area (Å²) in [5.74, 6) is 0.308. The number of hydrogen-bond acceptors (Lipinski definition) is 5. The smallest absolute Gasteiger partial charge is 0.311 e. The van der Waals surface area contributed by atoms with Gasteiger partial charge in [-0.3, -0.25) is 15.0 Å². The highest BCUT2D eigenvalue weighted by Crippen LogP contribution is 2.21. The van der Waals surface area contributed by atoms with Crippen molar-refractivity contribution in [1.29, 1.82) is 0 Å². The summed E-state index contributed by atoms with van der Waals surface area (Å²) in [5, 5.41) is 14.1. The molecule has 0 unspecified atom stereocenters. The highest BCUT2D eigenvalue weighted by atomic mass is 16.6. The molecule has 0 atom stereocenters. The van der Waals surface area contributed by atoms with Crippen LogP contribution in [0, 0.1) is 10.1 Å². The Hall–Kier alpha value is -2.47. The molecule has 0 radical (unpaired) electrons. The summed E-state index contributed by atoms with van der Waals surface area (Å²) < 4.78 is 0. The summed E-state index contributed by atoms with van der Waals surface area (Å²) in [5.41, 5.74) is 2.38. The number of likely N-dealkylation sites (tertiary alicyclic amines) is 1. The van der Waals surface area contributed by atoms with Crippen LogP contribution in [0.2, 0.25) is 0 Å². The molecule has 1 saturated heterocycles. The van der Waals surface area contributed by atoms with Crippen molar-refractivity contribution in [3.8, 4) is 0 Å². The quantitative estimate of drug-likeness (QED) is 0.655. The van der Waals surface area contributed by atoms with E-state index in [2.05, 4.69) is 27.3 Å². The Labute approximate surface area is 135 Å². The molecule has 1 fully saturated rings. The van der Waals surface area contributed by atoms with Crippen LogP contribution >= 0.6 is 0 Å². The van der Waals surface area contributed by atoms with Crippen LogP contribution in [0.5, 0.6) is 0 Å². The summed E-state index contributed by atoms with van der Waals surface area (Å²) in [6.45, 7) is 3.83. The molecule has 6 nitrogen and oxygen atoms in total. The largest absolute Gasteiger partial charge is 0.360 e. The number of aromatic nitrogens is 1. The van der Waals surface area contributed by atoms with E-state index in [-0.39, 0.29) is 5.69 Å². The van der Waals surface area contributed by atoms with E-state index >= 15 is 0 Å². The number of nitrogens with one attached hydrogen (secondary N) is 1. The fourth-order valence-electron chi connectivity index (χ4n) is 2.90. The molecule has 0 amide bonds. The van der Waals surface area contributed by atoms with Gasteiger partial charge in [-0.1, -0.05) is 24.3 Å². The lowest BCUT2D eigenvalue weighted by Crippen LogP contribution is -2.18. The molecule has 1 aromatic carbocycles. The van der Waals surface area contributed by atoms with E-state index in [0.717, 1.165) is 12.1 Å². The molecule has 6 heteroatoms. The van der Waals surface area contributed by atoms with E-state index in [1.54, 1.807) is 12.3 Å². The minimum atomic E-state index is -0.418. The molecule has 23 heavy (non-hydrogen) atoms.